The van der Waals surface area contributed by atoms with E-state index >= 15 is 0 Å². The summed E-state index contributed by atoms with van der Waals surface area (Å²) in [6.07, 6.45) is 3.07. The summed E-state index contributed by atoms with van der Waals surface area (Å²) in [6.45, 7) is 17.7. The molecule has 110 valence electrons. The van der Waals surface area contributed by atoms with E-state index in [2.05, 4.69) is 41.5 Å². The second kappa shape index (κ2) is 6.38. The normalized spacial score (nSPS) is 14.3. The van der Waals surface area contributed by atoms with Gasteiger partial charge in [0, 0.05) is 0 Å². The van der Waals surface area contributed by atoms with Gasteiger partial charge in [0.15, 0.2) is 0 Å². The van der Waals surface area contributed by atoms with E-state index in [1.54, 1.807) is 0 Å². The molecule has 0 saturated heterocycles. The standard InChI is InChI=1S/C16H34O2/c1-13(2)9-10-14(3,4)16(7,8)18-12-11-15(5,6)17/h13,17H,9-12H2,1-8H3. The van der Waals surface area contributed by atoms with E-state index in [0.717, 1.165) is 5.92 Å². The fourth-order valence-corrected chi connectivity index (χ4v) is 1.70. The van der Waals surface area contributed by atoms with Crippen LogP contribution in [-0.2, 0) is 4.74 Å². The molecule has 18 heavy (non-hydrogen) atoms. The number of aliphatic hydroxyl groups is 1. The third kappa shape index (κ3) is 6.75. The molecule has 0 aliphatic carbocycles. The third-order valence-corrected chi connectivity index (χ3v) is 4.15. The summed E-state index contributed by atoms with van der Waals surface area (Å²) in [7, 11) is 0. The van der Waals surface area contributed by atoms with Crippen molar-refractivity contribution < 1.29 is 9.84 Å². The number of hydrogen-bond acceptors (Lipinski definition) is 2. The van der Waals surface area contributed by atoms with Crippen molar-refractivity contribution >= 4 is 0 Å². The van der Waals surface area contributed by atoms with Crippen LogP contribution in [0.15, 0.2) is 0 Å². The highest BCUT2D eigenvalue weighted by atomic mass is 16.5. The molecule has 2 heteroatoms. The van der Waals surface area contributed by atoms with E-state index in [1.165, 1.54) is 12.8 Å². The Morgan fingerprint density at radius 3 is 1.83 bits per heavy atom. The second-order valence-electron chi connectivity index (χ2n) is 7.74. The molecular formula is C16H34O2. The van der Waals surface area contributed by atoms with Gasteiger partial charge in [-0.3, -0.25) is 0 Å². The molecule has 2 nitrogen and oxygen atoms in total. The van der Waals surface area contributed by atoms with E-state index in [0.29, 0.717) is 13.0 Å². The Labute approximate surface area is 114 Å². The summed E-state index contributed by atoms with van der Waals surface area (Å²) in [6, 6.07) is 0. The average Bonchev–Trinajstić information content (AvgIpc) is 2.12. The number of rotatable bonds is 8. The van der Waals surface area contributed by atoms with Crippen LogP contribution in [0.3, 0.4) is 0 Å². The van der Waals surface area contributed by atoms with E-state index < -0.39 is 5.60 Å². The highest BCUT2D eigenvalue weighted by molar-refractivity contribution is 4.88. The van der Waals surface area contributed by atoms with Crippen LogP contribution in [0.25, 0.3) is 0 Å². The maximum atomic E-state index is 9.71. The molecule has 0 aliphatic heterocycles. The van der Waals surface area contributed by atoms with E-state index in [4.69, 9.17) is 4.74 Å². The summed E-state index contributed by atoms with van der Waals surface area (Å²) in [5.41, 5.74) is -0.651. The Balaban J connectivity index is 4.32. The lowest BCUT2D eigenvalue weighted by atomic mass is 9.72. The van der Waals surface area contributed by atoms with Crippen LogP contribution >= 0.6 is 0 Å². The Morgan fingerprint density at radius 1 is 0.944 bits per heavy atom. The molecule has 0 rings (SSSR count). The van der Waals surface area contributed by atoms with Gasteiger partial charge in [0.25, 0.3) is 0 Å². The van der Waals surface area contributed by atoms with Crippen molar-refractivity contribution in [3.8, 4) is 0 Å². The fourth-order valence-electron chi connectivity index (χ4n) is 1.70. The maximum absolute atomic E-state index is 9.71. The van der Waals surface area contributed by atoms with Crippen molar-refractivity contribution in [1.82, 2.24) is 0 Å². The second-order valence-corrected chi connectivity index (χ2v) is 7.74. The van der Waals surface area contributed by atoms with Crippen molar-refractivity contribution in [3.63, 3.8) is 0 Å². The van der Waals surface area contributed by atoms with Gasteiger partial charge < -0.3 is 9.84 Å². The number of ether oxygens (including phenoxy) is 1. The molecule has 0 amide bonds. The van der Waals surface area contributed by atoms with Gasteiger partial charge in [-0.1, -0.05) is 34.1 Å². The molecule has 0 heterocycles. The molecule has 0 radical (unpaired) electrons. The fraction of sp³-hybridized carbons (Fsp3) is 1.00. The van der Waals surface area contributed by atoms with Crippen molar-refractivity contribution in [2.75, 3.05) is 6.61 Å². The molecule has 0 unspecified atom stereocenters. The molecule has 0 spiro atoms. The molecular weight excluding hydrogens is 224 g/mol. The molecule has 0 aromatic rings. The number of hydrogen-bond donors (Lipinski definition) is 1. The minimum absolute atomic E-state index is 0.150. The minimum atomic E-state index is -0.641. The van der Waals surface area contributed by atoms with Gasteiger partial charge in [-0.05, 0) is 51.9 Å². The highest BCUT2D eigenvalue weighted by Gasteiger charge is 2.37. The van der Waals surface area contributed by atoms with Crippen LogP contribution in [0.2, 0.25) is 0 Å². The first-order valence-electron chi connectivity index (χ1n) is 7.24. The Morgan fingerprint density at radius 2 is 1.44 bits per heavy atom. The lowest BCUT2D eigenvalue weighted by Gasteiger charge is -2.42. The SMILES string of the molecule is CC(C)CCC(C)(C)C(C)(C)OCCC(C)(C)O. The van der Waals surface area contributed by atoms with Crippen molar-refractivity contribution in [2.45, 2.75) is 85.9 Å². The zero-order chi connectivity index (χ0) is 14.6. The summed E-state index contributed by atoms with van der Waals surface area (Å²) in [5, 5.41) is 9.71. The quantitative estimate of drug-likeness (QED) is 0.699. The molecule has 0 aromatic heterocycles. The molecule has 0 aliphatic rings. The van der Waals surface area contributed by atoms with Crippen LogP contribution < -0.4 is 0 Å². The minimum Gasteiger partial charge on any atom is -0.390 e. The first kappa shape index (κ1) is 17.9. The molecule has 1 N–H and O–H groups in total. The van der Waals surface area contributed by atoms with Gasteiger partial charge >= 0.3 is 0 Å². The summed E-state index contributed by atoms with van der Waals surface area (Å²) < 4.78 is 6.04. The highest BCUT2D eigenvalue weighted by Crippen LogP contribution is 2.39. The zero-order valence-corrected chi connectivity index (χ0v) is 13.8. The van der Waals surface area contributed by atoms with Crippen molar-refractivity contribution in [1.29, 1.82) is 0 Å². The average molecular weight is 258 g/mol. The van der Waals surface area contributed by atoms with Crippen LogP contribution in [-0.4, -0.2) is 22.9 Å². The zero-order valence-electron chi connectivity index (χ0n) is 13.8. The topological polar surface area (TPSA) is 29.5 Å². The monoisotopic (exact) mass is 258 g/mol. The van der Waals surface area contributed by atoms with E-state index in [9.17, 15) is 5.11 Å². The summed E-state index contributed by atoms with van der Waals surface area (Å²) in [4.78, 5) is 0. The van der Waals surface area contributed by atoms with Crippen LogP contribution in [0, 0.1) is 11.3 Å². The molecule has 0 fully saturated rings. The first-order chi connectivity index (χ1) is 7.87. The Kier molecular flexibility index (Phi) is 6.35. The summed E-state index contributed by atoms with van der Waals surface area (Å²) in [5.74, 6) is 0.733. The predicted molar refractivity (Wildman–Crippen MR) is 78.8 cm³/mol. The van der Waals surface area contributed by atoms with Crippen LogP contribution in [0.4, 0.5) is 0 Å². The summed E-state index contributed by atoms with van der Waals surface area (Å²) >= 11 is 0. The van der Waals surface area contributed by atoms with Gasteiger partial charge in [-0.25, -0.2) is 0 Å². The van der Waals surface area contributed by atoms with Gasteiger partial charge in [0.2, 0.25) is 0 Å². The van der Waals surface area contributed by atoms with E-state index in [1.807, 2.05) is 13.8 Å². The van der Waals surface area contributed by atoms with Gasteiger partial charge in [-0.2, -0.15) is 0 Å². The van der Waals surface area contributed by atoms with E-state index in [-0.39, 0.29) is 11.0 Å². The van der Waals surface area contributed by atoms with Gasteiger partial charge in [-0.15, -0.1) is 0 Å². The van der Waals surface area contributed by atoms with Gasteiger partial charge in [0.1, 0.15) is 0 Å². The molecule has 0 bridgehead atoms. The smallest absolute Gasteiger partial charge is 0.0677 e. The van der Waals surface area contributed by atoms with Crippen LogP contribution in [0.5, 0.6) is 0 Å². The predicted octanol–water partition coefficient (Wildman–Crippen LogP) is 4.41. The Hall–Kier alpha value is -0.0800. The molecule has 0 atom stereocenters. The first-order valence-corrected chi connectivity index (χ1v) is 7.24. The molecule has 0 saturated carbocycles. The third-order valence-electron chi connectivity index (χ3n) is 4.15. The van der Waals surface area contributed by atoms with Crippen molar-refractivity contribution in [2.24, 2.45) is 11.3 Å². The van der Waals surface area contributed by atoms with Gasteiger partial charge in [0.05, 0.1) is 17.8 Å². The molecule has 0 aromatic carbocycles. The lowest BCUT2D eigenvalue weighted by molar-refractivity contribution is -0.114. The largest absolute Gasteiger partial charge is 0.390 e. The van der Waals surface area contributed by atoms with Crippen molar-refractivity contribution in [3.05, 3.63) is 0 Å². The maximum Gasteiger partial charge on any atom is 0.0677 e. The lowest BCUT2D eigenvalue weighted by Crippen LogP contribution is -2.42. The Bertz CT molecular complexity index is 234. The van der Waals surface area contributed by atoms with Crippen LogP contribution in [0.1, 0.15) is 74.7 Å².